The molecule has 0 amide bonds. The Morgan fingerprint density at radius 2 is 1.20 bits per heavy atom. The Balaban J connectivity index is -0.00000000167. The molecule has 0 aromatic rings. The first-order chi connectivity index (χ1) is 1.00. The van der Waals surface area contributed by atoms with Crippen molar-refractivity contribution in [2.75, 3.05) is 0 Å². The molecule has 0 rings (SSSR count). The monoisotopic (exact) mass is 477 g/mol. The number of hydrogen-bond donors (Lipinski definition) is 0. The van der Waals surface area contributed by atoms with Crippen LogP contribution in [0, 0.1) is 84.2 Å². The zero-order chi connectivity index (χ0) is 2.00. The van der Waals surface area contributed by atoms with Gasteiger partial charge in [0.15, 0.2) is 12.5 Å². The van der Waals surface area contributed by atoms with Crippen molar-refractivity contribution in [2.24, 2.45) is 0 Å². The van der Waals surface area contributed by atoms with E-state index in [9.17, 15) is 0 Å². The first kappa shape index (κ1) is 23.1. The number of rotatable bonds is 0. The molecule has 0 unspecified atom stereocenters. The van der Waals surface area contributed by atoms with Gasteiger partial charge < -0.3 is 0 Å². The van der Waals surface area contributed by atoms with Crippen molar-refractivity contribution >= 4 is 12.5 Å². The summed E-state index contributed by atoms with van der Waals surface area (Å²) in [6, 6.07) is 0. The standard InChI is InChI=1S/Er.OS.Y.Yb/c;1-2;;. The van der Waals surface area contributed by atoms with Gasteiger partial charge in [-0.15, -0.1) is 0 Å². The minimum Gasteiger partial charge on any atom is -0.197 e. The van der Waals surface area contributed by atoms with Crippen LogP contribution in [0.3, 0.4) is 0 Å². The van der Waals surface area contributed by atoms with Crippen LogP contribution in [0.1, 0.15) is 0 Å². The summed E-state index contributed by atoms with van der Waals surface area (Å²) in [6.45, 7) is 0. The molecule has 0 N–H and O–H groups in total. The fourth-order valence-corrected chi connectivity index (χ4v) is 0. The van der Waals surface area contributed by atoms with Crippen molar-refractivity contribution in [3.8, 4) is 0 Å². The van der Waals surface area contributed by atoms with Crippen molar-refractivity contribution < 1.29 is 121 Å². The largest absolute Gasteiger partial charge is 0.197 e. The third kappa shape index (κ3) is 18.1. The van der Waals surface area contributed by atoms with Gasteiger partial charge in [-0.25, -0.2) is 0 Å². The van der Waals surface area contributed by atoms with Crippen molar-refractivity contribution in [3.63, 3.8) is 0 Å². The molecule has 0 saturated heterocycles. The normalized spacial score (nSPS) is 0.800. The molecule has 0 heterocycles. The summed E-state index contributed by atoms with van der Waals surface area (Å²) in [5, 5.41) is 0. The molecule has 0 bridgehead atoms. The Morgan fingerprint density at radius 1 is 1.20 bits per heavy atom. The van der Waals surface area contributed by atoms with E-state index < -0.39 is 0 Å². The third-order valence-corrected chi connectivity index (χ3v) is 0. The molecule has 0 aliphatic carbocycles. The van der Waals surface area contributed by atoms with E-state index in [0.29, 0.717) is 0 Å². The van der Waals surface area contributed by atoms with Crippen LogP contribution in [0.2, 0.25) is 0 Å². The van der Waals surface area contributed by atoms with Crippen LogP contribution < -0.4 is 0 Å². The average molecular weight is 477 g/mol. The van der Waals surface area contributed by atoms with E-state index in [0.717, 1.165) is 0 Å². The second kappa shape index (κ2) is 24.8. The first-order valence-electron chi connectivity index (χ1n) is 0.167. The maximum Gasteiger partial charge on any atom is 0.197 e. The maximum atomic E-state index is 7.83. The van der Waals surface area contributed by atoms with Gasteiger partial charge in [-0.05, 0) is 0 Å². The Hall–Kier alpha value is 3.89. The Morgan fingerprint density at radius 3 is 1.20 bits per heavy atom. The van der Waals surface area contributed by atoms with E-state index in [4.69, 9.17) is 4.21 Å². The van der Waals surface area contributed by atoms with E-state index in [1.54, 1.807) is 0 Å². The van der Waals surface area contributed by atoms with Crippen LogP contribution in [0.4, 0.5) is 0 Å². The van der Waals surface area contributed by atoms with E-state index in [2.05, 4.69) is 12.5 Å². The van der Waals surface area contributed by atoms with Gasteiger partial charge >= 0.3 is 0 Å². The van der Waals surface area contributed by atoms with Crippen molar-refractivity contribution in [1.82, 2.24) is 0 Å². The fraction of sp³-hybridized carbons (Fsp3) is 0. The first-order valence-corrected chi connectivity index (χ1v) is 0.500. The van der Waals surface area contributed by atoms with E-state index in [1.165, 1.54) is 0 Å². The van der Waals surface area contributed by atoms with Crippen LogP contribution in [0.25, 0.3) is 0 Å². The van der Waals surface area contributed by atoms with Gasteiger partial charge in [0, 0.05) is 117 Å². The average Bonchev–Trinajstić information content (AvgIpc) is 1.00. The van der Waals surface area contributed by atoms with Crippen molar-refractivity contribution in [1.29, 1.82) is 0 Å². The quantitative estimate of drug-likeness (QED) is 0.476. The summed E-state index contributed by atoms with van der Waals surface area (Å²) >= 11 is 2.83. The smallest absolute Gasteiger partial charge is 0.197 e. The van der Waals surface area contributed by atoms with E-state index in [1.807, 2.05) is 0 Å². The van der Waals surface area contributed by atoms with Crippen LogP contribution in [0.5, 0.6) is 0 Å². The molecule has 0 saturated carbocycles. The minimum atomic E-state index is 0. The van der Waals surface area contributed by atoms with E-state index >= 15 is 0 Å². The molecule has 0 fully saturated rings. The molecule has 41 valence electrons. The number of hydrogen-bond acceptors (Lipinski definition) is 2. The summed E-state index contributed by atoms with van der Waals surface area (Å²) in [5.74, 6) is 0. The molecule has 0 aliphatic rings. The van der Waals surface area contributed by atoms with Crippen LogP contribution in [-0.2, 0) is 45.2 Å². The van der Waals surface area contributed by atoms with Gasteiger partial charge in [-0.2, -0.15) is 4.21 Å². The molecule has 1 nitrogen and oxygen atoms in total. The molecule has 5 heteroatoms. The predicted octanol–water partition coefficient (Wildman–Crippen LogP) is -0.339. The fourth-order valence-electron chi connectivity index (χ4n) is 0. The molecule has 0 aliphatic heterocycles. The van der Waals surface area contributed by atoms with Crippen LogP contribution in [-0.4, -0.2) is 4.21 Å². The second-order valence-corrected chi connectivity index (χ2v) is 0. The van der Waals surface area contributed by atoms with Crippen molar-refractivity contribution in [3.05, 3.63) is 0 Å². The van der Waals surface area contributed by atoms with Crippen LogP contribution in [0.15, 0.2) is 0 Å². The SMILES string of the molecule is O=S.[Er].[Y].[Yb]. The minimum absolute atomic E-state index is 0. The van der Waals surface area contributed by atoms with Gasteiger partial charge in [0.25, 0.3) is 0 Å². The summed E-state index contributed by atoms with van der Waals surface area (Å²) < 4.78 is 7.83. The zero-order valence-electron chi connectivity index (χ0n) is 1.95. The molecule has 0 atom stereocenters. The Kier molecular flexibility index (Phi) is 115. The van der Waals surface area contributed by atoms with E-state index in [-0.39, 0.29) is 117 Å². The summed E-state index contributed by atoms with van der Waals surface area (Å²) in [4.78, 5) is 0. The molecular formula is ErOSYYb. The van der Waals surface area contributed by atoms with Gasteiger partial charge in [-0.1, -0.05) is 0 Å². The zero-order valence-corrected chi connectivity index (χ0v) is 9.17. The predicted molar refractivity (Wildman–Crippen MR) is 8.14 cm³/mol. The molecule has 0 aromatic heterocycles. The summed E-state index contributed by atoms with van der Waals surface area (Å²) in [5.41, 5.74) is 0. The Bertz CT molecular complexity index is 11.6. The van der Waals surface area contributed by atoms with Crippen LogP contribution >= 0.6 is 0 Å². The second-order valence-electron chi connectivity index (χ2n) is 0. The molecular weight excluding hydrogens is 477 g/mol. The Labute approximate surface area is 130 Å². The summed E-state index contributed by atoms with van der Waals surface area (Å²) in [7, 11) is 0. The van der Waals surface area contributed by atoms with Gasteiger partial charge in [0.1, 0.15) is 0 Å². The van der Waals surface area contributed by atoms with Gasteiger partial charge in [-0.3, -0.25) is 0 Å². The van der Waals surface area contributed by atoms with Crippen molar-refractivity contribution in [2.45, 2.75) is 0 Å². The molecule has 1 radical (unpaired) electrons. The van der Waals surface area contributed by atoms with Gasteiger partial charge in [0.2, 0.25) is 0 Å². The maximum absolute atomic E-state index is 7.83. The van der Waals surface area contributed by atoms with Gasteiger partial charge in [0.05, 0.1) is 0 Å². The third-order valence-electron chi connectivity index (χ3n) is 0. The topological polar surface area (TPSA) is 17.1 Å². The molecule has 0 spiro atoms. The molecule has 0 aromatic carbocycles. The summed E-state index contributed by atoms with van der Waals surface area (Å²) in [6.07, 6.45) is 0. The molecule has 5 heavy (non-hydrogen) atoms.